The second kappa shape index (κ2) is 4.34. The number of ether oxygens (including phenoxy) is 1. The van der Waals surface area contributed by atoms with E-state index in [0.29, 0.717) is 16.9 Å². The fourth-order valence-electron chi connectivity index (χ4n) is 1.61. The van der Waals surface area contributed by atoms with Crippen molar-refractivity contribution in [1.29, 1.82) is 0 Å². The van der Waals surface area contributed by atoms with Crippen LogP contribution in [0.15, 0.2) is 6.07 Å². The molecule has 0 atom stereocenters. The number of rotatable bonds is 3. The van der Waals surface area contributed by atoms with Crippen LogP contribution in [0.3, 0.4) is 0 Å². The topological polar surface area (TPSA) is 46.5 Å². The van der Waals surface area contributed by atoms with Crippen molar-refractivity contribution in [3.63, 3.8) is 0 Å². The molecule has 0 heterocycles. The summed E-state index contributed by atoms with van der Waals surface area (Å²) in [6.45, 7) is 5.15. The molecule has 0 aliphatic carbocycles. The first-order chi connectivity index (χ1) is 6.97. The minimum absolute atomic E-state index is 0.0398. The molecule has 3 nitrogen and oxygen atoms in total. The van der Waals surface area contributed by atoms with Crippen LogP contribution in [0.25, 0.3) is 0 Å². The van der Waals surface area contributed by atoms with Crippen molar-refractivity contribution in [1.82, 2.24) is 0 Å². The normalized spacial score (nSPS) is 10.1. The molecule has 0 unspecified atom stereocenters. The molecule has 82 valence electrons. The fourth-order valence-corrected chi connectivity index (χ4v) is 1.61. The van der Waals surface area contributed by atoms with Crippen molar-refractivity contribution in [2.45, 2.75) is 27.2 Å². The molecule has 0 aliphatic rings. The number of aryl methyl sites for hydroxylation is 1. The summed E-state index contributed by atoms with van der Waals surface area (Å²) in [6, 6.07) is 1.84. The Morgan fingerprint density at radius 2 is 2.07 bits per heavy atom. The first-order valence-electron chi connectivity index (χ1n) is 4.82. The highest BCUT2D eigenvalue weighted by Crippen LogP contribution is 2.33. The third kappa shape index (κ3) is 2.29. The van der Waals surface area contributed by atoms with Gasteiger partial charge in [-0.1, -0.05) is 0 Å². The number of phenols is 1. The largest absolute Gasteiger partial charge is 0.507 e. The number of ketones is 1. The van der Waals surface area contributed by atoms with Crippen LogP contribution in [-0.4, -0.2) is 18.0 Å². The van der Waals surface area contributed by atoms with Crippen LogP contribution in [0.1, 0.15) is 23.6 Å². The molecule has 1 N–H and O–H groups in total. The number of Topliss-reactive ketones (excluding diaryl/α,β-unsaturated/α-hetero) is 1. The van der Waals surface area contributed by atoms with Crippen molar-refractivity contribution in [3.8, 4) is 11.5 Å². The van der Waals surface area contributed by atoms with E-state index in [1.54, 1.807) is 14.0 Å². The Balaban J connectivity index is 3.29. The first-order valence-corrected chi connectivity index (χ1v) is 4.82. The quantitative estimate of drug-likeness (QED) is 0.827. The van der Waals surface area contributed by atoms with Gasteiger partial charge < -0.3 is 9.84 Å². The SMILES string of the molecule is COc1cc(C)c(CC(C)=O)c(O)c1C. The van der Waals surface area contributed by atoms with Crippen LogP contribution in [-0.2, 0) is 11.2 Å². The third-order valence-electron chi connectivity index (χ3n) is 2.48. The van der Waals surface area contributed by atoms with Crippen molar-refractivity contribution in [2.75, 3.05) is 7.11 Å². The molecular weight excluding hydrogens is 192 g/mol. The number of methoxy groups -OCH3 is 1. The van der Waals surface area contributed by atoms with Gasteiger partial charge in [0.1, 0.15) is 17.3 Å². The summed E-state index contributed by atoms with van der Waals surface area (Å²) >= 11 is 0. The van der Waals surface area contributed by atoms with E-state index in [1.807, 2.05) is 13.0 Å². The Bertz CT molecular complexity index is 394. The van der Waals surface area contributed by atoms with Gasteiger partial charge in [0.05, 0.1) is 7.11 Å². The standard InChI is InChI=1S/C12H16O3/c1-7-5-11(15-4)9(3)12(14)10(7)6-8(2)13/h5,14H,6H2,1-4H3. The monoisotopic (exact) mass is 208 g/mol. The molecule has 0 bridgehead atoms. The van der Waals surface area contributed by atoms with Gasteiger partial charge in [-0.05, 0) is 32.4 Å². The van der Waals surface area contributed by atoms with Gasteiger partial charge in [0.25, 0.3) is 0 Å². The molecule has 0 radical (unpaired) electrons. The maximum atomic E-state index is 11.0. The lowest BCUT2D eigenvalue weighted by Crippen LogP contribution is -2.01. The lowest BCUT2D eigenvalue weighted by Gasteiger charge is -2.13. The highest BCUT2D eigenvalue weighted by atomic mass is 16.5. The summed E-state index contributed by atoms with van der Waals surface area (Å²) in [4.78, 5) is 11.0. The summed E-state index contributed by atoms with van der Waals surface area (Å²) in [6.07, 6.45) is 0.266. The second-order valence-corrected chi connectivity index (χ2v) is 3.73. The Hall–Kier alpha value is -1.51. The number of carbonyl (C=O) groups is 1. The highest BCUT2D eigenvalue weighted by Gasteiger charge is 2.14. The van der Waals surface area contributed by atoms with Gasteiger partial charge in [0.2, 0.25) is 0 Å². The van der Waals surface area contributed by atoms with E-state index in [9.17, 15) is 9.90 Å². The third-order valence-corrected chi connectivity index (χ3v) is 2.48. The van der Waals surface area contributed by atoms with Gasteiger partial charge >= 0.3 is 0 Å². The van der Waals surface area contributed by atoms with E-state index >= 15 is 0 Å². The maximum Gasteiger partial charge on any atom is 0.134 e. The van der Waals surface area contributed by atoms with E-state index in [2.05, 4.69) is 0 Å². The van der Waals surface area contributed by atoms with Crippen LogP contribution in [0.5, 0.6) is 11.5 Å². The zero-order valence-electron chi connectivity index (χ0n) is 9.55. The van der Waals surface area contributed by atoms with E-state index in [-0.39, 0.29) is 18.0 Å². The molecule has 0 fully saturated rings. The molecule has 0 spiro atoms. The molecule has 1 aromatic rings. The number of hydrogen-bond acceptors (Lipinski definition) is 3. The number of benzene rings is 1. The lowest BCUT2D eigenvalue weighted by atomic mass is 9.99. The summed E-state index contributed by atoms with van der Waals surface area (Å²) < 4.78 is 5.12. The predicted molar refractivity (Wildman–Crippen MR) is 58.5 cm³/mol. The molecule has 0 aromatic heterocycles. The minimum atomic E-state index is 0.0398. The van der Waals surface area contributed by atoms with Gasteiger partial charge in [-0.25, -0.2) is 0 Å². The van der Waals surface area contributed by atoms with E-state index in [0.717, 1.165) is 5.56 Å². The molecule has 3 heteroatoms. The molecule has 0 aliphatic heterocycles. The summed E-state index contributed by atoms with van der Waals surface area (Å²) in [7, 11) is 1.56. The van der Waals surface area contributed by atoms with Gasteiger partial charge in [-0.2, -0.15) is 0 Å². The Morgan fingerprint density at radius 1 is 1.47 bits per heavy atom. The van der Waals surface area contributed by atoms with Crippen molar-refractivity contribution in [3.05, 3.63) is 22.8 Å². The number of carbonyl (C=O) groups excluding carboxylic acids is 1. The first kappa shape index (κ1) is 11.6. The molecule has 0 saturated heterocycles. The molecule has 0 saturated carbocycles. The van der Waals surface area contributed by atoms with Crippen LogP contribution in [0.2, 0.25) is 0 Å². The average Bonchev–Trinajstić information content (AvgIpc) is 2.18. The minimum Gasteiger partial charge on any atom is -0.507 e. The second-order valence-electron chi connectivity index (χ2n) is 3.73. The van der Waals surface area contributed by atoms with Crippen molar-refractivity contribution >= 4 is 5.78 Å². The van der Waals surface area contributed by atoms with Gasteiger partial charge in [-0.15, -0.1) is 0 Å². The average molecular weight is 208 g/mol. The van der Waals surface area contributed by atoms with Crippen LogP contribution in [0, 0.1) is 13.8 Å². The lowest BCUT2D eigenvalue weighted by molar-refractivity contribution is -0.116. The maximum absolute atomic E-state index is 11.0. The van der Waals surface area contributed by atoms with Crippen LogP contribution < -0.4 is 4.74 Å². The van der Waals surface area contributed by atoms with Gasteiger partial charge in [-0.3, -0.25) is 4.79 Å². The van der Waals surface area contributed by atoms with Gasteiger partial charge in [0.15, 0.2) is 0 Å². The Kier molecular flexibility index (Phi) is 3.35. The molecule has 0 amide bonds. The summed E-state index contributed by atoms with van der Waals surface area (Å²) in [5.74, 6) is 0.859. The van der Waals surface area contributed by atoms with Gasteiger partial charge in [0, 0.05) is 17.5 Å². The van der Waals surface area contributed by atoms with E-state index in [4.69, 9.17) is 4.74 Å². The smallest absolute Gasteiger partial charge is 0.134 e. The van der Waals surface area contributed by atoms with Crippen LogP contribution >= 0.6 is 0 Å². The van der Waals surface area contributed by atoms with Crippen LogP contribution in [0.4, 0.5) is 0 Å². The van der Waals surface area contributed by atoms with E-state index in [1.165, 1.54) is 6.92 Å². The fraction of sp³-hybridized carbons (Fsp3) is 0.417. The Labute approximate surface area is 89.7 Å². The molecule has 1 rings (SSSR count). The van der Waals surface area contributed by atoms with Crippen molar-refractivity contribution in [2.24, 2.45) is 0 Å². The zero-order valence-corrected chi connectivity index (χ0v) is 9.55. The number of hydrogen-bond donors (Lipinski definition) is 1. The van der Waals surface area contributed by atoms with Crippen molar-refractivity contribution < 1.29 is 14.6 Å². The van der Waals surface area contributed by atoms with E-state index < -0.39 is 0 Å². The highest BCUT2D eigenvalue weighted by molar-refractivity contribution is 5.79. The molecular formula is C12H16O3. The predicted octanol–water partition coefficient (Wildman–Crippen LogP) is 2.15. The zero-order chi connectivity index (χ0) is 11.6. The Morgan fingerprint density at radius 3 is 2.53 bits per heavy atom. The number of aromatic hydroxyl groups is 1. The molecule has 15 heavy (non-hydrogen) atoms. The summed E-state index contributed by atoms with van der Waals surface area (Å²) in [5, 5.41) is 9.91. The summed E-state index contributed by atoms with van der Waals surface area (Å²) in [5.41, 5.74) is 2.25. The number of phenolic OH excluding ortho intramolecular Hbond substituents is 1. The molecule has 1 aromatic carbocycles.